The Morgan fingerprint density at radius 1 is 1.43 bits per heavy atom. The standard InChI is InChI=1S/C13H19N5O2S/c1-3-6-14-13-12(5-4-7-15-13)21(19,20)18-10(2)11-8-16-17-9-11/h4-5,7-10,18H,3,6H2,1-2H3,(H,14,15)(H,16,17). The Hall–Kier alpha value is -1.93. The first kappa shape index (κ1) is 15.5. The predicted octanol–water partition coefficient (Wildman–Crippen LogP) is 1.67. The van der Waals surface area contributed by atoms with Crippen molar-refractivity contribution < 1.29 is 8.42 Å². The van der Waals surface area contributed by atoms with Gasteiger partial charge in [0.25, 0.3) is 0 Å². The number of hydrogen-bond donors (Lipinski definition) is 3. The fraction of sp³-hybridized carbons (Fsp3) is 0.385. The molecule has 0 saturated carbocycles. The molecule has 0 aromatic carbocycles. The second-order valence-electron chi connectivity index (χ2n) is 4.65. The molecule has 2 heterocycles. The first-order valence-electron chi connectivity index (χ1n) is 6.74. The molecular weight excluding hydrogens is 290 g/mol. The van der Waals surface area contributed by atoms with E-state index in [1.165, 1.54) is 6.07 Å². The van der Waals surface area contributed by atoms with Crippen molar-refractivity contribution in [2.75, 3.05) is 11.9 Å². The molecule has 8 heteroatoms. The minimum atomic E-state index is -3.66. The number of anilines is 1. The van der Waals surface area contributed by atoms with Crippen molar-refractivity contribution in [2.24, 2.45) is 0 Å². The topological polar surface area (TPSA) is 99.8 Å². The van der Waals surface area contributed by atoms with Gasteiger partial charge in [-0.3, -0.25) is 5.10 Å². The van der Waals surface area contributed by atoms with Gasteiger partial charge in [0.2, 0.25) is 10.0 Å². The number of nitrogens with zero attached hydrogens (tertiary/aromatic N) is 2. The molecule has 0 spiro atoms. The Morgan fingerprint density at radius 2 is 2.24 bits per heavy atom. The second-order valence-corrected chi connectivity index (χ2v) is 6.33. The maximum atomic E-state index is 12.5. The Kier molecular flexibility index (Phi) is 4.92. The lowest BCUT2D eigenvalue weighted by Gasteiger charge is -2.15. The molecule has 2 aromatic rings. The molecule has 0 amide bonds. The zero-order valence-electron chi connectivity index (χ0n) is 12.0. The molecule has 0 saturated heterocycles. The summed E-state index contributed by atoms with van der Waals surface area (Å²) in [6.45, 7) is 4.43. The Balaban J connectivity index is 2.23. The molecular formula is C13H19N5O2S. The third-order valence-corrected chi connectivity index (χ3v) is 4.53. The third-order valence-electron chi connectivity index (χ3n) is 2.95. The monoisotopic (exact) mass is 309 g/mol. The highest BCUT2D eigenvalue weighted by molar-refractivity contribution is 7.89. The van der Waals surface area contributed by atoms with Gasteiger partial charge in [-0.1, -0.05) is 6.92 Å². The maximum absolute atomic E-state index is 12.5. The number of sulfonamides is 1. The lowest BCUT2D eigenvalue weighted by atomic mass is 10.2. The van der Waals surface area contributed by atoms with Crippen LogP contribution in [0.15, 0.2) is 35.6 Å². The summed E-state index contributed by atoms with van der Waals surface area (Å²) in [6, 6.07) is 2.76. The number of hydrogen-bond acceptors (Lipinski definition) is 5. The molecule has 3 N–H and O–H groups in total. The van der Waals surface area contributed by atoms with Crippen LogP contribution in [0.25, 0.3) is 0 Å². The van der Waals surface area contributed by atoms with E-state index in [2.05, 4.69) is 25.2 Å². The molecule has 1 unspecified atom stereocenters. The minimum Gasteiger partial charge on any atom is -0.369 e. The molecule has 0 aliphatic carbocycles. The van der Waals surface area contributed by atoms with Crippen LogP contribution in [0.3, 0.4) is 0 Å². The zero-order valence-corrected chi connectivity index (χ0v) is 12.8. The van der Waals surface area contributed by atoms with Gasteiger partial charge in [0, 0.05) is 30.5 Å². The average Bonchev–Trinajstić information content (AvgIpc) is 2.99. The first-order valence-corrected chi connectivity index (χ1v) is 8.23. The Bertz CT molecular complexity index is 670. The Labute approximate surface area is 124 Å². The van der Waals surface area contributed by atoms with Gasteiger partial charge >= 0.3 is 0 Å². The van der Waals surface area contributed by atoms with Crippen LogP contribution < -0.4 is 10.0 Å². The van der Waals surface area contributed by atoms with E-state index in [-0.39, 0.29) is 10.9 Å². The van der Waals surface area contributed by atoms with Crippen LogP contribution in [0.2, 0.25) is 0 Å². The van der Waals surface area contributed by atoms with Crippen molar-refractivity contribution in [3.63, 3.8) is 0 Å². The van der Waals surface area contributed by atoms with E-state index in [4.69, 9.17) is 0 Å². The molecule has 2 aromatic heterocycles. The molecule has 0 aliphatic heterocycles. The molecule has 7 nitrogen and oxygen atoms in total. The maximum Gasteiger partial charge on any atom is 0.244 e. The van der Waals surface area contributed by atoms with Crippen molar-refractivity contribution in [3.8, 4) is 0 Å². The highest BCUT2D eigenvalue weighted by Crippen LogP contribution is 2.21. The molecule has 114 valence electrons. The Morgan fingerprint density at radius 3 is 2.90 bits per heavy atom. The van der Waals surface area contributed by atoms with Crippen molar-refractivity contribution in [1.82, 2.24) is 19.9 Å². The third kappa shape index (κ3) is 3.79. The predicted molar refractivity (Wildman–Crippen MR) is 80.3 cm³/mol. The van der Waals surface area contributed by atoms with Crippen LogP contribution in [0.5, 0.6) is 0 Å². The van der Waals surface area contributed by atoms with E-state index < -0.39 is 10.0 Å². The molecule has 0 bridgehead atoms. The van der Waals surface area contributed by atoms with Gasteiger partial charge in [-0.25, -0.2) is 18.1 Å². The van der Waals surface area contributed by atoms with E-state index in [0.29, 0.717) is 12.4 Å². The van der Waals surface area contributed by atoms with Crippen LogP contribution in [0, 0.1) is 0 Å². The lowest BCUT2D eigenvalue weighted by molar-refractivity contribution is 0.567. The number of aromatic amines is 1. The summed E-state index contributed by atoms with van der Waals surface area (Å²) in [5.74, 6) is 0.367. The van der Waals surface area contributed by atoms with Gasteiger partial charge < -0.3 is 5.32 Å². The van der Waals surface area contributed by atoms with Crippen LogP contribution in [-0.2, 0) is 10.0 Å². The summed E-state index contributed by atoms with van der Waals surface area (Å²) in [4.78, 5) is 4.25. The summed E-state index contributed by atoms with van der Waals surface area (Å²) in [5, 5.41) is 9.51. The average molecular weight is 309 g/mol. The van der Waals surface area contributed by atoms with Crippen LogP contribution in [0.1, 0.15) is 31.9 Å². The van der Waals surface area contributed by atoms with Crippen LogP contribution >= 0.6 is 0 Å². The molecule has 0 radical (unpaired) electrons. The first-order chi connectivity index (χ1) is 10.0. The van der Waals surface area contributed by atoms with Crippen LogP contribution in [-0.4, -0.2) is 30.1 Å². The highest BCUT2D eigenvalue weighted by Gasteiger charge is 2.22. The van der Waals surface area contributed by atoms with E-state index in [0.717, 1.165) is 12.0 Å². The van der Waals surface area contributed by atoms with Crippen molar-refractivity contribution in [3.05, 3.63) is 36.3 Å². The second kappa shape index (κ2) is 6.68. The van der Waals surface area contributed by atoms with Gasteiger partial charge in [0.15, 0.2) is 0 Å². The minimum absolute atomic E-state index is 0.147. The van der Waals surface area contributed by atoms with Gasteiger partial charge in [-0.05, 0) is 25.5 Å². The van der Waals surface area contributed by atoms with E-state index in [1.54, 1.807) is 31.6 Å². The SMILES string of the molecule is CCCNc1ncccc1S(=O)(=O)NC(C)c1cn[nH]c1. The summed E-state index contributed by atoms with van der Waals surface area (Å²) >= 11 is 0. The number of pyridine rings is 1. The number of rotatable bonds is 7. The fourth-order valence-electron chi connectivity index (χ4n) is 1.85. The van der Waals surface area contributed by atoms with Crippen LogP contribution in [0.4, 0.5) is 5.82 Å². The van der Waals surface area contributed by atoms with E-state index in [1.807, 2.05) is 6.92 Å². The number of aromatic nitrogens is 3. The van der Waals surface area contributed by atoms with Crippen molar-refractivity contribution in [2.45, 2.75) is 31.2 Å². The number of H-pyrrole nitrogens is 1. The van der Waals surface area contributed by atoms with Gasteiger partial charge in [0.1, 0.15) is 10.7 Å². The summed E-state index contributed by atoms with van der Waals surface area (Å²) in [6.07, 6.45) is 5.70. The molecule has 0 fully saturated rings. The van der Waals surface area contributed by atoms with Gasteiger partial charge in [-0.15, -0.1) is 0 Å². The summed E-state index contributed by atoms with van der Waals surface area (Å²) in [7, 11) is -3.66. The molecule has 1 atom stereocenters. The molecule has 2 rings (SSSR count). The van der Waals surface area contributed by atoms with Crippen molar-refractivity contribution >= 4 is 15.8 Å². The molecule has 21 heavy (non-hydrogen) atoms. The normalized spacial score (nSPS) is 13.0. The zero-order chi connectivity index (χ0) is 15.3. The van der Waals surface area contributed by atoms with E-state index >= 15 is 0 Å². The smallest absolute Gasteiger partial charge is 0.244 e. The van der Waals surface area contributed by atoms with Crippen molar-refractivity contribution in [1.29, 1.82) is 0 Å². The summed E-state index contributed by atoms with van der Waals surface area (Å²) in [5.41, 5.74) is 0.769. The summed E-state index contributed by atoms with van der Waals surface area (Å²) < 4.78 is 27.6. The van der Waals surface area contributed by atoms with E-state index in [9.17, 15) is 8.42 Å². The quantitative estimate of drug-likeness (QED) is 0.722. The lowest BCUT2D eigenvalue weighted by Crippen LogP contribution is -2.27. The molecule has 0 aliphatic rings. The number of nitrogens with one attached hydrogen (secondary N) is 3. The fourth-order valence-corrected chi connectivity index (χ4v) is 3.21. The largest absolute Gasteiger partial charge is 0.369 e. The van der Waals surface area contributed by atoms with Gasteiger partial charge in [0.05, 0.1) is 6.20 Å². The highest BCUT2D eigenvalue weighted by atomic mass is 32.2. The van der Waals surface area contributed by atoms with Gasteiger partial charge in [-0.2, -0.15) is 5.10 Å².